The van der Waals surface area contributed by atoms with Gasteiger partial charge in [0.25, 0.3) is 7.82 Å². The molecular weight excluding hydrogens is 792 g/mol. The molecule has 0 aliphatic carbocycles. The first-order valence-corrected chi connectivity index (χ1v) is 26.4. The van der Waals surface area contributed by atoms with E-state index in [0.29, 0.717) is 17.4 Å². The maximum Gasteiger partial charge on any atom is 0.268 e. The molecule has 3 unspecified atom stereocenters. The smallest absolute Gasteiger partial charge is 0.268 e. The Hall–Kier alpha value is -2.32. The number of aliphatic hydroxyl groups excluding tert-OH is 1. The number of unbranched alkanes of at least 4 members (excludes halogenated alkanes) is 19. The molecular formula is C53H95N2O6P. The molecule has 9 heteroatoms. The number of nitrogens with zero attached hydrogens (tertiary/aromatic N) is 1. The Morgan fingerprint density at radius 1 is 0.581 bits per heavy atom. The second kappa shape index (κ2) is 43.9. The van der Waals surface area contributed by atoms with Crippen LogP contribution in [0.3, 0.4) is 0 Å². The Balaban J connectivity index is 4.26. The Bertz CT molecular complexity index is 1280. The maximum absolute atomic E-state index is 12.9. The van der Waals surface area contributed by atoms with Gasteiger partial charge in [-0.25, -0.2) is 0 Å². The van der Waals surface area contributed by atoms with Crippen LogP contribution in [-0.4, -0.2) is 68.5 Å². The minimum absolute atomic E-state index is 0.0107. The van der Waals surface area contributed by atoms with E-state index in [2.05, 4.69) is 92.1 Å². The molecule has 8 nitrogen and oxygen atoms in total. The van der Waals surface area contributed by atoms with Gasteiger partial charge in [0.05, 0.1) is 39.9 Å². The fraction of sp³-hybridized carbons (Fsp3) is 0.717. The first-order chi connectivity index (χ1) is 30.0. The summed E-state index contributed by atoms with van der Waals surface area (Å²) in [7, 11) is 1.23. The van der Waals surface area contributed by atoms with Crippen LogP contribution in [0.2, 0.25) is 0 Å². The number of hydrogen-bond acceptors (Lipinski definition) is 6. The molecule has 0 radical (unpaired) electrons. The van der Waals surface area contributed by atoms with Crippen molar-refractivity contribution in [2.24, 2.45) is 0 Å². The maximum atomic E-state index is 12.9. The van der Waals surface area contributed by atoms with E-state index in [-0.39, 0.29) is 12.5 Å². The lowest BCUT2D eigenvalue weighted by molar-refractivity contribution is -0.870. The number of phosphoric acid groups is 1. The van der Waals surface area contributed by atoms with E-state index in [0.717, 1.165) is 70.6 Å². The number of amides is 1. The Kier molecular flexibility index (Phi) is 42.3. The third-order valence-electron chi connectivity index (χ3n) is 10.6. The van der Waals surface area contributed by atoms with Crippen LogP contribution >= 0.6 is 7.82 Å². The van der Waals surface area contributed by atoms with Crippen molar-refractivity contribution in [1.29, 1.82) is 0 Å². The molecule has 0 bridgehead atoms. The number of aliphatic hydroxyl groups is 1. The third-order valence-corrected chi connectivity index (χ3v) is 11.6. The molecule has 2 N–H and O–H groups in total. The van der Waals surface area contributed by atoms with Gasteiger partial charge in [-0.3, -0.25) is 9.36 Å². The van der Waals surface area contributed by atoms with Gasteiger partial charge < -0.3 is 28.8 Å². The second-order valence-electron chi connectivity index (χ2n) is 17.8. The third kappa shape index (κ3) is 45.7. The molecule has 0 saturated heterocycles. The largest absolute Gasteiger partial charge is 0.756 e. The van der Waals surface area contributed by atoms with E-state index >= 15 is 0 Å². The molecule has 0 spiro atoms. The fourth-order valence-corrected chi connectivity index (χ4v) is 7.39. The van der Waals surface area contributed by atoms with Crippen LogP contribution < -0.4 is 10.2 Å². The summed E-state index contributed by atoms with van der Waals surface area (Å²) < 4.78 is 23.2. The summed E-state index contributed by atoms with van der Waals surface area (Å²) in [5.41, 5.74) is 0. The van der Waals surface area contributed by atoms with Gasteiger partial charge in [0.1, 0.15) is 13.2 Å². The first kappa shape index (κ1) is 59.7. The number of carbonyl (C=O) groups is 1. The predicted octanol–water partition coefficient (Wildman–Crippen LogP) is 13.9. The van der Waals surface area contributed by atoms with E-state index in [1.165, 1.54) is 103 Å². The number of carbonyl (C=O) groups excluding carboxylic acids is 1. The average molecular weight is 887 g/mol. The minimum atomic E-state index is -4.60. The topological polar surface area (TPSA) is 108 Å². The second-order valence-corrected chi connectivity index (χ2v) is 19.2. The van der Waals surface area contributed by atoms with Gasteiger partial charge in [0.15, 0.2) is 0 Å². The van der Waals surface area contributed by atoms with Gasteiger partial charge in [-0.1, -0.05) is 195 Å². The fourth-order valence-electron chi connectivity index (χ4n) is 6.66. The van der Waals surface area contributed by atoms with Crippen molar-refractivity contribution < 1.29 is 32.9 Å². The quantitative estimate of drug-likeness (QED) is 0.0273. The molecule has 0 fully saturated rings. The zero-order chi connectivity index (χ0) is 45.7. The van der Waals surface area contributed by atoms with E-state index < -0.39 is 26.6 Å². The highest BCUT2D eigenvalue weighted by Gasteiger charge is 2.23. The van der Waals surface area contributed by atoms with Gasteiger partial charge in [0, 0.05) is 6.42 Å². The lowest BCUT2D eigenvalue weighted by atomic mass is 10.0. The van der Waals surface area contributed by atoms with Gasteiger partial charge >= 0.3 is 0 Å². The number of quaternary nitrogens is 1. The van der Waals surface area contributed by atoms with Gasteiger partial charge in [-0.2, -0.15) is 0 Å². The number of phosphoric ester groups is 1. The van der Waals surface area contributed by atoms with Gasteiger partial charge in [0.2, 0.25) is 5.91 Å². The molecule has 0 aliphatic heterocycles. The first-order valence-electron chi connectivity index (χ1n) is 24.9. The summed E-state index contributed by atoms with van der Waals surface area (Å²) in [5.74, 6) is -0.215. The number of rotatable bonds is 44. The lowest BCUT2D eigenvalue weighted by Gasteiger charge is -2.29. The molecule has 358 valence electrons. The molecule has 3 atom stereocenters. The van der Waals surface area contributed by atoms with E-state index in [9.17, 15) is 19.4 Å². The highest BCUT2D eigenvalue weighted by molar-refractivity contribution is 7.45. The summed E-state index contributed by atoms with van der Waals surface area (Å²) in [6.07, 6.45) is 60.7. The number of nitrogens with one attached hydrogen (secondary N) is 1. The molecule has 0 aromatic rings. The molecule has 1 amide bonds. The highest BCUT2D eigenvalue weighted by atomic mass is 31.2. The Labute approximate surface area is 382 Å². The molecule has 0 aromatic carbocycles. The van der Waals surface area contributed by atoms with Crippen molar-refractivity contribution in [1.82, 2.24) is 5.32 Å². The average Bonchev–Trinajstić information content (AvgIpc) is 3.23. The predicted molar refractivity (Wildman–Crippen MR) is 265 cm³/mol. The van der Waals surface area contributed by atoms with Crippen LogP contribution in [-0.2, 0) is 18.4 Å². The summed E-state index contributed by atoms with van der Waals surface area (Å²) in [5, 5.41) is 13.8. The van der Waals surface area contributed by atoms with Gasteiger partial charge in [-0.15, -0.1) is 0 Å². The number of allylic oxidation sites excluding steroid dienone is 13. The molecule has 0 aliphatic rings. The summed E-state index contributed by atoms with van der Waals surface area (Å²) >= 11 is 0. The summed E-state index contributed by atoms with van der Waals surface area (Å²) in [6.45, 7) is 4.48. The van der Waals surface area contributed by atoms with Crippen molar-refractivity contribution in [2.75, 3.05) is 40.9 Å². The molecule has 0 rings (SSSR count). The Morgan fingerprint density at radius 3 is 1.50 bits per heavy atom. The molecule has 0 saturated carbocycles. The summed E-state index contributed by atoms with van der Waals surface area (Å²) in [6, 6.07) is -0.908. The van der Waals surface area contributed by atoms with Crippen molar-refractivity contribution >= 4 is 13.7 Å². The molecule has 62 heavy (non-hydrogen) atoms. The van der Waals surface area contributed by atoms with Crippen molar-refractivity contribution in [3.8, 4) is 0 Å². The number of hydrogen-bond donors (Lipinski definition) is 2. The van der Waals surface area contributed by atoms with Crippen LogP contribution in [0.15, 0.2) is 85.1 Å². The van der Waals surface area contributed by atoms with Crippen LogP contribution in [0.4, 0.5) is 0 Å². The van der Waals surface area contributed by atoms with E-state index in [1.807, 2.05) is 27.2 Å². The zero-order valence-electron chi connectivity index (χ0n) is 40.5. The van der Waals surface area contributed by atoms with Gasteiger partial charge in [-0.05, 0) is 77.0 Å². The molecule has 0 aromatic heterocycles. The van der Waals surface area contributed by atoms with Crippen molar-refractivity contribution in [3.05, 3.63) is 85.1 Å². The normalized spacial score (nSPS) is 14.9. The van der Waals surface area contributed by atoms with Crippen molar-refractivity contribution in [2.45, 2.75) is 206 Å². The minimum Gasteiger partial charge on any atom is -0.756 e. The van der Waals surface area contributed by atoms with Crippen molar-refractivity contribution in [3.63, 3.8) is 0 Å². The monoisotopic (exact) mass is 887 g/mol. The van der Waals surface area contributed by atoms with Crippen LogP contribution in [0, 0.1) is 0 Å². The van der Waals surface area contributed by atoms with Crippen LogP contribution in [0.5, 0.6) is 0 Å². The molecule has 0 heterocycles. The zero-order valence-corrected chi connectivity index (χ0v) is 41.4. The Morgan fingerprint density at radius 2 is 1.00 bits per heavy atom. The van der Waals surface area contributed by atoms with E-state index in [4.69, 9.17) is 9.05 Å². The number of likely N-dealkylation sites (N-methyl/N-ethyl adjacent to an activating group) is 1. The lowest BCUT2D eigenvalue weighted by Crippen LogP contribution is -2.45. The van der Waals surface area contributed by atoms with Crippen LogP contribution in [0.1, 0.15) is 194 Å². The van der Waals surface area contributed by atoms with Crippen LogP contribution in [0.25, 0.3) is 0 Å². The SMILES string of the molecule is CC/C=C\C/C=C\C/C=C\C/C=C\C/C=C\CCCCCCCCCCCCCC(=O)NC(COP(=O)([O-])OCC[N+](C)(C)C)C(O)/C=C/CC/C=C/CCCCCCCCC. The standard InChI is InChI=1S/C53H95N2O6P/c1-6-8-10-12-14-16-18-20-21-22-23-24-25-26-27-28-29-30-31-32-33-35-37-39-41-43-45-47-53(57)54-51(50-61-62(58,59)60-49-48-55(3,4)5)52(56)46-44-42-40-38-36-34-19-17-15-13-11-9-7-2/h8,10,14,16,20-21,23-24,26-27,36,38,44,46,51-52,56H,6-7,9,11-13,15,17-19,22,25,28-35,37,39-43,45,47-50H2,1-5H3,(H-,54,57,58,59)/b10-8-,16-14-,21-20-,24-23-,27-26-,38-36+,46-44+. The highest BCUT2D eigenvalue weighted by Crippen LogP contribution is 2.38. The summed E-state index contributed by atoms with van der Waals surface area (Å²) in [4.78, 5) is 25.4. The van der Waals surface area contributed by atoms with E-state index in [1.54, 1.807) is 6.08 Å².